The van der Waals surface area contributed by atoms with Gasteiger partial charge in [-0.05, 0) is 64.4 Å². The third-order valence-electron chi connectivity index (χ3n) is 4.03. The van der Waals surface area contributed by atoms with Gasteiger partial charge >= 0.3 is 0 Å². The van der Waals surface area contributed by atoms with Crippen LogP contribution in [0.2, 0.25) is 0 Å². The summed E-state index contributed by atoms with van der Waals surface area (Å²) in [5, 5.41) is 6.51. The quantitative estimate of drug-likeness (QED) is 0.439. The topological polar surface area (TPSA) is 39.7 Å². The van der Waals surface area contributed by atoms with Gasteiger partial charge in [0.15, 0.2) is 5.96 Å². The second-order valence-electron chi connectivity index (χ2n) is 6.22. The van der Waals surface area contributed by atoms with Crippen LogP contribution in [-0.4, -0.2) is 44.1 Å². The van der Waals surface area contributed by atoms with E-state index in [1.807, 2.05) is 6.07 Å². The smallest absolute Gasteiger partial charge is 0.191 e. The molecule has 130 valence electrons. The Kier molecular flexibility index (Phi) is 8.62. The van der Waals surface area contributed by atoms with Crippen LogP contribution in [0.25, 0.3) is 0 Å². The van der Waals surface area contributed by atoms with Crippen molar-refractivity contribution in [2.75, 3.05) is 27.2 Å². The van der Waals surface area contributed by atoms with Crippen LogP contribution in [0, 0.1) is 12.7 Å². The van der Waals surface area contributed by atoms with Gasteiger partial charge < -0.3 is 15.5 Å². The van der Waals surface area contributed by atoms with Crippen LogP contribution in [0.3, 0.4) is 0 Å². The Labute approximate surface area is 140 Å². The zero-order valence-corrected chi connectivity index (χ0v) is 15.1. The second-order valence-corrected chi connectivity index (χ2v) is 6.22. The van der Waals surface area contributed by atoms with Crippen molar-refractivity contribution in [2.45, 2.75) is 46.2 Å². The third-order valence-corrected chi connectivity index (χ3v) is 4.03. The Hall–Kier alpha value is -1.62. The molecule has 0 aromatic heterocycles. The van der Waals surface area contributed by atoms with Crippen LogP contribution < -0.4 is 10.6 Å². The number of nitrogens with zero attached hydrogens (tertiary/aromatic N) is 2. The number of rotatable bonds is 8. The summed E-state index contributed by atoms with van der Waals surface area (Å²) < 4.78 is 13.5. The van der Waals surface area contributed by atoms with E-state index in [4.69, 9.17) is 0 Å². The first-order valence-electron chi connectivity index (χ1n) is 8.33. The maximum absolute atomic E-state index is 13.5. The van der Waals surface area contributed by atoms with Crippen molar-refractivity contribution in [1.29, 1.82) is 0 Å². The minimum atomic E-state index is -0.165. The summed E-state index contributed by atoms with van der Waals surface area (Å²) in [6, 6.07) is 5.89. The number of guanidine groups is 1. The fourth-order valence-electron chi connectivity index (χ4n) is 2.10. The van der Waals surface area contributed by atoms with E-state index in [1.165, 1.54) is 0 Å². The number of benzene rings is 1. The zero-order chi connectivity index (χ0) is 17.2. The highest BCUT2D eigenvalue weighted by molar-refractivity contribution is 5.79. The summed E-state index contributed by atoms with van der Waals surface area (Å²) in [6.45, 7) is 8.73. The zero-order valence-electron chi connectivity index (χ0n) is 15.1. The second kappa shape index (κ2) is 10.2. The lowest BCUT2D eigenvalue weighted by molar-refractivity contribution is 0.268. The van der Waals surface area contributed by atoms with E-state index in [1.54, 1.807) is 26.1 Å². The van der Waals surface area contributed by atoms with Crippen molar-refractivity contribution in [2.24, 2.45) is 4.99 Å². The Morgan fingerprint density at radius 3 is 2.61 bits per heavy atom. The Morgan fingerprint density at radius 2 is 2.00 bits per heavy atom. The van der Waals surface area contributed by atoms with Gasteiger partial charge in [0.1, 0.15) is 5.82 Å². The van der Waals surface area contributed by atoms with Crippen molar-refractivity contribution in [3.05, 3.63) is 35.1 Å². The number of aryl methyl sites for hydroxylation is 1. The number of hydrogen-bond donors (Lipinski definition) is 2. The van der Waals surface area contributed by atoms with E-state index < -0.39 is 0 Å². The van der Waals surface area contributed by atoms with Crippen LogP contribution in [0.15, 0.2) is 23.2 Å². The molecule has 1 aromatic carbocycles. The van der Waals surface area contributed by atoms with Crippen molar-refractivity contribution >= 4 is 5.96 Å². The average Bonchev–Trinajstić information content (AvgIpc) is 2.52. The molecule has 5 heteroatoms. The summed E-state index contributed by atoms with van der Waals surface area (Å²) in [4.78, 5) is 6.54. The molecule has 0 atom stereocenters. The first-order valence-corrected chi connectivity index (χ1v) is 8.33. The van der Waals surface area contributed by atoms with Gasteiger partial charge in [-0.15, -0.1) is 0 Å². The maximum Gasteiger partial charge on any atom is 0.191 e. The van der Waals surface area contributed by atoms with Gasteiger partial charge in [-0.3, -0.25) is 4.99 Å². The predicted octanol–water partition coefficient (Wildman–Crippen LogP) is 2.92. The van der Waals surface area contributed by atoms with Crippen molar-refractivity contribution in [3.63, 3.8) is 0 Å². The van der Waals surface area contributed by atoms with E-state index in [2.05, 4.69) is 41.4 Å². The molecule has 0 unspecified atom stereocenters. The lowest BCUT2D eigenvalue weighted by Crippen LogP contribution is -2.37. The van der Waals surface area contributed by atoms with Crippen molar-refractivity contribution in [1.82, 2.24) is 15.5 Å². The number of aliphatic imine (C=N–C) groups is 1. The maximum atomic E-state index is 13.5. The van der Waals surface area contributed by atoms with E-state index in [-0.39, 0.29) is 5.82 Å². The molecular formula is C18H31FN4. The molecule has 0 radical (unpaired) electrons. The predicted molar refractivity (Wildman–Crippen MR) is 96.3 cm³/mol. The van der Waals surface area contributed by atoms with Crippen molar-refractivity contribution in [3.8, 4) is 0 Å². The normalized spacial score (nSPS) is 12.1. The fourth-order valence-corrected chi connectivity index (χ4v) is 2.10. The van der Waals surface area contributed by atoms with E-state index >= 15 is 0 Å². The highest BCUT2D eigenvalue weighted by atomic mass is 19.1. The molecule has 0 amide bonds. The number of unbranched alkanes of at least 4 members (excludes halogenated alkanes) is 1. The number of halogens is 1. The number of nitrogens with one attached hydrogen (secondary N) is 2. The molecule has 0 fully saturated rings. The van der Waals surface area contributed by atoms with E-state index in [0.29, 0.717) is 18.2 Å². The standard InChI is InChI=1S/C18H31FN4/c1-14(2)23(5)11-7-6-10-21-18(20-4)22-13-16-9-8-15(3)17(19)12-16/h8-9,12,14H,6-7,10-11,13H2,1-5H3,(H2,20,21,22). The highest BCUT2D eigenvalue weighted by Gasteiger charge is 2.03. The minimum absolute atomic E-state index is 0.165. The molecule has 1 rings (SSSR count). The first kappa shape index (κ1) is 19.4. The summed E-state index contributed by atoms with van der Waals surface area (Å²) in [7, 11) is 3.90. The molecule has 2 N–H and O–H groups in total. The SMILES string of the molecule is CN=C(NCCCCN(C)C(C)C)NCc1ccc(C)c(F)c1. The molecule has 0 aliphatic carbocycles. The van der Waals surface area contributed by atoms with Crippen LogP contribution in [0.5, 0.6) is 0 Å². The minimum Gasteiger partial charge on any atom is -0.356 e. The van der Waals surface area contributed by atoms with Gasteiger partial charge in [0.25, 0.3) is 0 Å². The van der Waals surface area contributed by atoms with Crippen LogP contribution >= 0.6 is 0 Å². The van der Waals surface area contributed by atoms with Gasteiger partial charge in [0, 0.05) is 26.2 Å². The first-order chi connectivity index (χ1) is 10.9. The molecule has 0 aliphatic rings. The fraction of sp³-hybridized carbons (Fsp3) is 0.611. The van der Waals surface area contributed by atoms with Gasteiger partial charge in [-0.25, -0.2) is 4.39 Å². The lowest BCUT2D eigenvalue weighted by atomic mass is 10.1. The molecular weight excluding hydrogens is 291 g/mol. The van der Waals surface area contributed by atoms with Gasteiger partial charge in [-0.1, -0.05) is 12.1 Å². The monoisotopic (exact) mass is 322 g/mol. The van der Waals surface area contributed by atoms with Crippen LogP contribution in [0.4, 0.5) is 4.39 Å². The van der Waals surface area contributed by atoms with Gasteiger partial charge in [-0.2, -0.15) is 0 Å². The Balaban J connectivity index is 2.26. The third kappa shape index (κ3) is 7.46. The Morgan fingerprint density at radius 1 is 1.26 bits per heavy atom. The summed E-state index contributed by atoms with van der Waals surface area (Å²) in [5.41, 5.74) is 1.58. The molecule has 1 aromatic rings. The molecule has 0 heterocycles. The highest BCUT2D eigenvalue weighted by Crippen LogP contribution is 2.08. The summed E-state index contributed by atoms with van der Waals surface area (Å²) in [5.74, 6) is 0.588. The number of hydrogen-bond acceptors (Lipinski definition) is 2. The average molecular weight is 322 g/mol. The molecule has 0 aliphatic heterocycles. The molecule has 23 heavy (non-hydrogen) atoms. The molecule has 0 saturated carbocycles. The lowest BCUT2D eigenvalue weighted by Gasteiger charge is -2.20. The molecule has 0 spiro atoms. The van der Waals surface area contributed by atoms with E-state index in [0.717, 1.165) is 37.5 Å². The largest absolute Gasteiger partial charge is 0.356 e. The van der Waals surface area contributed by atoms with Gasteiger partial charge in [0.05, 0.1) is 0 Å². The molecule has 0 saturated heterocycles. The summed E-state index contributed by atoms with van der Waals surface area (Å²) >= 11 is 0. The van der Waals surface area contributed by atoms with E-state index in [9.17, 15) is 4.39 Å². The van der Waals surface area contributed by atoms with Crippen LogP contribution in [-0.2, 0) is 6.54 Å². The summed E-state index contributed by atoms with van der Waals surface area (Å²) in [6.07, 6.45) is 2.25. The van der Waals surface area contributed by atoms with Crippen molar-refractivity contribution < 1.29 is 4.39 Å². The molecule has 0 bridgehead atoms. The molecule has 4 nitrogen and oxygen atoms in total. The van der Waals surface area contributed by atoms with Gasteiger partial charge in [0.2, 0.25) is 0 Å². The Bertz CT molecular complexity index is 500. The van der Waals surface area contributed by atoms with Crippen LogP contribution in [0.1, 0.15) is 37.8 Å².